The first-order valence-electron chi connectivity index (χ1n) is 8.91. The molecule has 2 aromatic rings. The first-order chi connectivity index (χ1) is 13.8. The van der Waals surface area contributed by atoms with Gasteiger partial charge in [-0.1, -0.05) is 38.1 Å². The molecule has 9 heteroatoms. The van der Waals surface area contributed by atoms with Crippen molar-refractivity contribution in [2.45, 2.75) is 25.4 Å². The number of alkyl halides is 2. The van der Waals surface area contributed by atoms with E-state index in [0.717, 1.165) is 6.08 Å². The maximum absolute atomic E-state index is 12.6. The maximum Gasteiger partial charge on any atom is 0.387 e. The summed E-state index contributed by atoms with van der Waals surface area (Å²) in [6, 6.07) is 12.0. The molecule has 0 atom stereocenters. The molecule has 1 amide bonds. The van der Waals surface area contributed by atoms with Gasteiger partial charge in [0.25, 0.3) is 0 Å². The molecule has 0 unspecified atom stereocenters. The number of hydrogen-bond acceptors (Lipinski definition) is 4. The topological polar surface area (TPSA) is 75.7 Å². The predicted octanol–water partition coefficient (Wildman–Crippen LogP) is 3.97. The molecule has 2 rings (SSSR count). The highest BCUT2D eigenvalue weighted by Gasteiger charge is 2.21. The normalized spacial score (nSPS) is 11.9. The lowest BCUT2D eigenvalue weighted by Gasteiger charge is -2.18. The molecule has 0 bridgehead atoms. The van der Waals surface area contributed by atoms with E-state index in [-0.39, 0.29) is 10.6 Å². The molecule has 0 aliphatic heterocycles. The van der Waals surface area contributed by atoms with E-state index in [9.17, 15) is 22.0 Å². The molecule has 0 saturated carbocycles. The van der Waals surface area contributed by atoms with Crippen molar-refractivity contribution in [3.8, 4) is 5.75 Å². The molecular weight excluding hydrogens is 402 g/mol. The highest BCUT2D eigenvalue weighted by Crippen LogP contribution is 2.22. The summed E-state index contributed by atoms with van der Waals surface area (Å²) < 4.78 is 55.8. The van der Waals surface area contributed by atoms with Gasteiger partial charge in [-0.2, -0.15) is 13.1 Å². The molecule has 0 radical (unpaired) electrons. The van der Waals surface area contributed by atoms with Crippen molar-refractivity contribution in [3.05, 3.63) is 60.2 Å². The fraction of sp³-hybridized carbons (Fsp3) is 0.250. The SMILES string of the molecule is CCN(CC)S(=O)(=O)c1cccc(NC(=O)C=Cc2ccccc2OC(F)F)c1. The molecule has 6 nitrogen and oxygen atoms in total. The fourth-order valence-corrected chi connectivity index (χ4v) is 4.12. The van der Waals surface area contributed by atoms with Crippen molar-refractivity contribution in [3.63, 3.8) is 0 Å². The molecule has 0 aromatic heterocycles. The Hall–Kier alpha value is -2.78. The van der Waals surface area contributed by atoms with Gasteiger partial charge < -0.3 is 10.1 Å². The highest BCUT2D eigenvalue weighted by atomic mass is 32.2. The summed E-state index contributed by atoms with van der Waals surface area (Å²) >= 11 is 0. The van der Waals surface area contributed by atoms with Crippen LogP contribution in [0.4, 0.5) is 14.5 Å². The molecule has 2 aromatic carbocycles. The molecule has 0 aliphatic carbocycles. The minimum Gasteiger partial charge on any atom is -0.434 e. The highest BCUT2D eigenvalue weighted by molar-refractivity contribution is 7.89. The van der Waals surface area contributed by atoms with Gasteiger partial charge in [0, 0.05) is 30.4 Å². The van der Waals surface area contributed by atoms with Gasteiger partial charge in [0.1, 0.15) is 5.75 Å². The number of hydrogen-bond donors (Lipinski definition) is 1. The Morgan fingerprint density at radius 3 is 2.48 bits per heavy atom. The number of anilines is 1. The van der Waals surface area contributed by atoms with Crippen molar-refractivity contribution < 1.29 is 26.7 Å². The zero-order valence-corrected chi connectivity index (χ0v) is 16.8. The standard InChI is InChI=1S/C20H22F2N2O4S/c1-3-24(4-2)29(26,27)17-10-7-9-16(14-17)23-19(25)13-12-15-8-5-6-11-18(15)28-20(21)22/h5-14,20H,3-4H2,1-2H3,(H,23,25). The molecule has 0 saturated heterocycles. The van der Waals surface area contributed by atoms with Crippen LogP contribution in [0.15, 0.2) is 59.5 Å². The van der Waals surface area contributed by atoms with Crippen LogP contribution in [0.25, 0.3) is 6.08 Å². The van der Waals surface area contributed by atoms with Crippen LogP contribution in [0.2, 0.25) is 0 Å². The molecule has 1 N–H and O–H groups in total. The second-order valence-corrected chi connectivity index (χ2v) is 7.79. The minimum atomic E-state index is -3.66. The lowest BCUT2D eigenvalue weighted by Crippen LogP contribution is -2.30. The quantitative estimate of drug-likeness (QED) is 0.618. The van der Waals surface area contributed by atoms with Crippen molar-refractivity contribution >= 4 is 27.7 Å². The number of rotatable bonds is 9. The Bertz CT molecular complexity index is 974. The minimum absolute atomic E-state index is 0.0566. The summed E-state index contributed by atoms with van der Waals surface area (Å²) in [7, 11) is -3.66. The van der Waals surface area contributed by atoms with Crippen LogP contribution in [0.1, 0.15) is 19.4 Å². The Morgan fingerprint density at radius 2 is 1.83 bits per heavy atom. The molecule has 156 valence electrons. The van der Waals surface area contributed by atoms with Crippen LogP contribution in [0.3, 0.4) is 0 Å². The van der Waals surface area contributed by atoms with Gasteiger partial charge in [-0.05, 0) is 30.3 Å². The number of halogens is 2. The number of benzene rings is 2. The monoisotopic (exact) mass is 424 g/mol. The lowest BCUT2D eigenvalue weighted by molar-refractivity contribution is -0.111. The smallest absolute Gasteiger partial charge is 0.387 e. The van der Waals surface area contributed by atoms with E-state index in [1.54, 1.807) is 26.0 Å². The molecule has 29 heavy (non-hydrogen) atoms. The van der Waals surface area contributed by atoms with Gasteiger partial charge in [-0.25, -0.2) is 8.42 Å². The average molecular weight is 424 g/mol. The zero-order chi connectivity index (χ0) is 21.4. The summed E-state index contributed by atoms with van der Waals surface area (Å²) in [5.74, 6) is -0.604. The second-order valence-electron chi connectivity index (χ2n) is 5.86. The van der Waals surface area contributed by atoms with E-state index >= 15 is 0 Å². The van der Waals surface area contributed by atoms with Gasteiger partial charge in [0.15, 0.2) is 0 Å². The van der Waals surface area contributed by atoms with Crippen molar-refractivity contribution in [1.29, 1.82) is 0 Å². The number of nitrogens with zero attached hydrogens (tertiary/aromatic N) is 1. The fourth-order valence-electron chi connectivity index (χ4n) is 2.62. The van der Waals surface area contributed by atoms with E-state index in [2.05, 4.69) is 10.1 Å². The Labute approximate surface area is 168 Å². The van der Waals surface area contributed by atoms with Crippen molar-refractivity contribution in [2.75, 3.05) is 18.4 Å². The third kappa shape index (κ3) is 6.10. The lowest BCUT2D eigenvalue weighted by atomic mass is 10.2. The van der Waals surface area contributed by atoms with Crippen molar-refractivity contribution in [1.82, 2.24) is 4.31 Å². The zero-order valence-electron chi connectivity index (χ0n) is 16.0. The number of amides is 1. The van der Waals surface area contributed by atoms with E-state index in [0.29, 0.717) is 24.3 Å². The van der Waals surface area contributed by atoms with Crippen LogP contribution in [0, 0.1) is 0 Å². The molecule has 0 heterocycles. The number of sulfonamides is 1. The largest absolute Gasteiger partial charge is 0.434 e. The maximum atomic E-state index is 12.6. The van der Waals surface area contributed by atoms with Crippen molar-refractivity contribution in [2.24, 2.45) is 0 Å². The summed E-state index contributed by atoms with van der Waals surface area (Å²) in [5.41, 5.74) is 0.603. The van der Waals surface area contributed by atoms with Gasteiger partial charge in [-0.15, -0.1) is 0 Å². The molecular formula is C20H22F2N2O4S. The van der Waals surface area contributed by atoms with Gasteiger partial charge in [0.05, 0.1) is 4.90 Å². The molecule has 0 spiro atoms. The van der Waals surface area contributed by atoms with Crippen LogP contribution in [0.5, 0.6) is 5.75 Å². The molecule has 0 fully saturated rings. The van der Waals surface area contributed by atoms with E-state index < -0.39 is 22.5 Å². The van der Waals surface area contributed by atoms with Crippen LogP contribution in [-0.2, 0) is 14.8 Å². The summed E-state index contributed by atoms with van der Waals surface area (Å²) in [5, 5.41) is 2.56. The third-order valence-electron chi connectivity index (χ3n) is 3.99. The second kappa shape index (κ2) is 10.1. The number of nitrogens with one attached hydrogen (secondary N) is 1. The first-order valence-corrected chi connectivity index (χ1v) is 10.3. The summed E-state index contributed by atoms with van der Waals surface area (Å²) in [6.07, 6.45) is 2.49. The Morgan fingerprint density at radius 1 is 1.14 bits per heavy atom. The summed E-state index contributed by atoms with van der Waals surface area (Å²) in [4.78, 5) is 12.2. The van der Waals surface area contributed by atoms with Crippen LogP contribution in [-0.4, -0.2) is 38.3 Å². The Kier molecular flexibility index (Phi) is 7.86. The number of carbonyl (C=O) groups is 1. The van der Waals surface area contributed by atoms with E-state index in [1.165, 1.54) is 46.8 Å². The van der Waals surface area contributed by atoms with E-state index in [1.807, 2.05) is 0 Å². The van der Waals surface area contributed by atoms with E-state index in [4.69, 9.17) is 0 Å². The third-order valence-corrected chi connectivity index (χ3v) is 6.04. The van der Waals surface area contributed by atoms with Gasteiger partial charge in [-0.3, -0.25) is 4.79 Å². The number of carbonyl (C=O) groups excluding carboxylic acids is 1. The molecule has 0 aliphatic rings. The number of para-hydroxylation sites is 1. The number of ether oxygens (including phenoxy) is 1. The van der Waals surface area contributed by atoms with Gasteiger partial charge >= 0.3 is 6.61 Å². The predicted molar refractivity (Wildman–Crippen MR) is 107 cm³/mol. The van der Waals surface area contributed by atoms with Crippen LogP contribution < -0.4 is 10.1 Å². The first kappa shape index (κ1) is 22.5. The summed E-state index contributed by atoms with van der Waals surface area (Å²) in [6.45, 7) is 1.17. The van der Waals surface area contributed by atoms with Gasteiger partial charge in [0.2, 0.25) is 15.9 Å². The Balaban J connectivity index is 2.16. The average Bonchev–Trinajstić information content (AvgIpc) is 2.68. The van der Waals surface area contributed by atoms with Crippen LogP contribution >= 0.6 is 0 Å².